The van der Waals surface area contributed by atoms with Crippen LogP contribution in [0.4, 0.5) is 19.0 Å². The van der Waals surface area contributed by atoms with Crippen LogP contribution >= 0.6 is 0 Å². The number of anilines is 1. The molecule has 210 valence electrons. The van der Waals surface area contributed by atoms with Gasteiger partial charge in [-0.05, 0) is 49.6 Å². The third-order valence-corrected chi connectivity index (χ3v) is 9.42. The number of carbonyl (C=O) groups excluding carboxylic acids is 1. The average Bonchev–Trinajstić information content (AvgIpc) is 3.11. The van der Waals surface area contributed by atoms with Gasteiger partial charge in [-0.25, -0.2) is 13.4 Å². The average molecular weight is 566 g/mol. The highest BCUT2D eigenvalue weighted by molar-refractivity contribution is 7.89. The lowest BCUT2D eigenvalue weighted by atomic mass is 9.88. The summed E-state index contributed by atoms with van der Waals surface area (Å²) in [5.41, 5.74) is 5.01. The first-order chi connectivity index (χ1) is 18.5. The Hall–Kier alpha value is -3.39. The Kier molecular flexibility index (Phi) is 7.18. The minimum atomic E-state index is -4.47. The number of sulfonamides is 1. The predicted molar refractivity (Wildman–Crippen MR) is 139 cm³/mol. The van der Waals surface area contributed by atoms with E-state index in [9.17, 15) is 26.4 Å². The Morgan fingerprint density at radius 3 is 2.44 bits per heavy atom. The predicted octanol–water partition coefficient (Wildman–Crippen LogP) is 1.89. The lowest BCUT2D eigenvalue weighted by molar-refractivity contribution is -0.137. The second kappa shape index (κ2) is 10.3. The van der Waals surface area contributed by atoms with Crippen molar-refractivity contribution >= 4 is 27.7 Å². The van der Waals surface area contributed by atoms with Crippen LogP contribution in [0.3, 0.4) is 0 Å². The number of pyridine rings is 1. The SMILES string of the molecule is NC1=NCC2(CCN(C(=O)c3cccc(S(=O)(=O)N4CCCN(c5ccc(C(F)(F)F)cn5)CC4)c3)CC2)N1. The standard InChI is InChI=1S/C25H30F3N7O3S/c26-25(27,28)19-5-6-21(30-16-19)33-9-2-10-35(14-13-33)39(37,38)20-4-1-3-18(15-20)22(36)34-11-7-24(8-12-34)17-31-23(29)32-24/h1,3-6,15-16H,2,7-14,17H2,(H3,29,31,32). The second-order valence-electron chi connectivity index (χ2n) is 10.1. The van der Waals surface area contributed by atoms with Crippen molar-refractivity contribution in [1.29, 1.82) is 0 Å². The van der Waals surface area contributed by atoms with Gasteiger partial charge in [-0.3, -0.25) is 9.79 Å². The van der Waals surface area contributed by atoms with Crippen LogP contribution in [-0.2, 0) is 16.2 Å². The smallest absolute Gasteiger partial charge is 0.370 e. The Morgan fingerprint density at radius 2 is 1.79 bits per heavy atom. The van der Waals surface area contributed by atoms with E-state index >= 15 is 0 Å². The fourth-order valence-electron chi connectivity index (χ4n) is 5.23. The number of nitrogens with zero attached hydrogens (tertiary/aromatic N) is 5. The number of piperidine rings is 1. The van der Waals surface area contributed by atoms with Gasteiger partial charge < -0.3 is 20.9 Å². The van der Waals surface area contributed by atoms with Crippen molar-refractivity contribution in [3.8, 4) is 0 Å². The molecule has 3 aliphatic heterocycles. The third kappa shape index (κ3) is 5.66. The number of nitrogens with two attached hydrogens (primary N) is 1. The van der Waals surface area contributed by atoms with Crippen LogP contribution in [0.1, 0.15) is 35.2 Å². The number of nitrogens with one attached hydrogen (secondary N) is 1. The molecule has 4 heterocycles. The van der Waals surface area contributed by atoms with Crippen LogP contribution in [0.15, 0.2) is 52.5 Å². The minimum Gasteiger partial charge on any atom is -0.370 e. The number of aliphatic imine (C=N–C) groups is 1. The van der Waals surface area contributed by atoms with Crippen molar-refractivity contribution < 1.29 is 26.4 Å². The van der Waals surface area contributed by atoms with Gasteiger partial charge in [0, 0.05) is 51.0 Å². The van der Waals surface area contributed by atoms with Crippen LogP contribution in [0.25, 0.3) is 0 Å². The van der Waals surface area contributed by atoms with Gasteiger partial charge in [0.15, 0.2) is 5.96 Å². The van der Waals surface area contributed by atoms with Crippen LogP contribution in [-0.4, -0.2) is 85.8 Å². The highest BCUT2D eigenvalue weighted by atomic mass is 32.2. The summed E-state index contributed by atoms with van der Waals surface area (Å²) in [4.78, 5) is 24.9. The molecule has 0 atom stereocenters. The fourth-order valence-corrected chi connectivity index (χ4v) is 6.75. The van der Waals surface area contributed by atoms with Gasteiger partial charge >= 0.3 is 6.18 Å². The summed E-state index contributed by atoms with van der Waals surface area (Å²) < 4.78 is 67.0. The molecule has 2 aromatic rings. The number of hydrogen-bond donors (Lipinski definition) is 2. The lowest BCUT2D eigenvalue weighted by Gasteiger charge is -2.39. The lowest BCUT2D eigenvalue weighted by Crippen LogP contribution is -2.55. The summed E-state index contributed by atoms with van der Waals surface area (Å²) in [5.74, 6) is 0.546. The summed E-state index contributed by atoms with van der Waals surface area (Å²) in [5, 5.41) is 3.21. The zero-order valence-electron chi connectivity index (χ0n) is 21.2. The molecule has 1 spiro atoms. The molecule has 1 aromatic heterocycles. The van der Waals surface area contributed by atoms with E-state index in [0.717, 1.165) is 12.3 Å². The molecule has 14 heteroatoms. The summed E-state index contributed by atoms with van der Waals surface area (Å²) in [6.45, 7) is 2.69. The maximum Gasteiger partial charge on any atom is 0.417 e. The number of likely N-dealkylation sites (tertiary alicyclic amines) is 1. The van der Waals surface area contributed by atoms with E-state index in [0.29, 0.717) is 62.8 Å². The molecule has 1 aromatic carbocycles. The molecular formula is C25H30F3N7O3S. The molecule has 0 aliphatic carbocycles. The quantitative estimate of drug-likeness (QED) is 0.580. The molecule has 0 unspecified atom stereocenters. The van der Waals surface area contributed by atoms with Crippen molar-refractivity contribution in [2.45, 2.75) is 35.9 Å². The maximum atomic E-state index is 13.5. The molecule has 2 fully saturated rings. The molecule has 0 radical (unpaired) electrons. The van der Waals surface area contributed by atoms with Gasteiger partial charge in [-0.1, -0.05) is 6.07 Å². The van der Waals surface area contributed by atoms with Gasteiger partial charge in [-0.15, -0.1) is 0 Å². The summed E-state index contributed by atoms with van der Waals surface area (Å²) >= 11 is 0. The van der Waals surface area contributed by atoms with Gasteiger partial charge in [0.25, 0.3) is 5.91 Å². The first kappa shape index (κ1) is 27.2. The first-order valence-corrected chi connectivity index (χ1v) is 14.2. The molecule has 10 nitrogen and oxygen atoms in total. The molecule has 0 bridgehead atoms. The van der Waals surface area contributed by atoms with Crippen LogP contribution in [0.2, 0.25) is 0 Å². The van der Waals surface area contributed by atoms with E-state index in [4.69, 9.17) is 5.73 Å². The Balaban J connectivity index is 1.24. The number of alkyl halides is 3. The van der Waals surface area contributed by atoms with Crippen LogP contribution < -0.4 is 16.0 Å². The molecule has 3 aliphatic rings. The fraction of sp³-hybridized carbons (Fsp3) is 0.480. The Bertz CT molecular complexity index is 1360. The largest absolute Gasteiger partial charge is 0.417 e. The van der Waals surface area contributed by atoms with E-state index in [-0.39, 0.29) is 36.0 Å². The number of aromatic nitrogens is 1. The van der Waals surface area contributed by atoms with E-state index < -0.39 is 21.8 Å². The van der Waals surface area contributed by atoms with E-state index in [1.807, 2.05) is 0 Å². The van der Waals surface area contributed by atoms with Gasteiger partial charge in [0.1, 0.15) is 5.82 Å². The van der Waals surface area contributed by atoms with Gasteiger partial charge in [-0.2, -0.15) is 17.5 Å². The van der Waals surface area contributed by atoms with Crippen LogP contribution in [0, 0.1) is 0 Å². The molecule has 39 heavy (non-hydrogen) atoms. The molecule has 1 amide bonds. The third-order valence-electron chi connectivity index (χ3n) is 7.53. The maximum absolute atomic E-state index is 13.5. The first-order valence-electron chi connectivity index (χ1n) is 12.7. The van der Waals surface area contributed by atoms with Crippen molar-refractivity contribution in [3.05, 3.63) is 53.7 Å². The molecule has 3 N–H and O–H groups in total. The number of guanidine groups is 1. The minimum absolute atomic E-state index is 0.0292. The highest BCUT2D eigenvalue weighted by Crippen LogP contribution is 2.30. The molecule has 2 saturated heterocycles. The second-order valence-corrected chi connectivity index (χ2v) is 12.0. The van der Waals surface area contributed by atoms with E-state index in [1.165, 1.54) is 22.5 Å². The molecule has 5 rings (SSSR count). The number of hydrogen-bond acceptors (Lipinski definition) is 8. The summed E-state index contributed by atoms with van der Waals surface area (Å²) in [6, 6.07) is 8.34. The Morgan fingerprint density at radius 1 is 1.03 bits per heavy atom. The molecule has 0 saturated carbocycles. The van der Waals surface area contributed by atoms with Gasteiger partial charge in [0.05, 0.1) is 22.5 Å². The van der Waals surface area contributed by atoms with Crippen molar-refractivity contribution in [2.24, 2.45) is 10.7 Å². The van der Waals surface area contributed by atoms with Crippen molar-refractivity contribution in [3.63, 3.8) is 0 Å². The van der Waals surface area contributed by atoms with Crippen molar-refractivity contribution in [2.75, 3.05) is 50.7 Å². The monoisotopic (exact) mass is 565 g/mol. The summed E-state index contributed by atoms with van der Waals surface area (Å²) in [6.07, 6.45) is -1.83. The normalized spacial score (nSPS) is 20.4. The topological polar surface area (TPSA) is 124 Å². The zero-order chi connectivity index (χ0) is 27.8. The number of benzene rings is 1. The zero-order valence-corrected chi connectivity index (χ0v) is 22.0. The van der Waals surface area contributed by atoms with Gasteiger partial charge in [0.2, 0.25) is 10.0 Å². The molecular weight excluding hydrogens is 535 g/mol. The highest BCUT2D eigenvalue weighted by Gasteiger charge is 2.39. The number of rotatable bonds is 4. The number of carbonyl (C=O) groups is 1. The number of halogens is 3. The van der Waals surface area contributed by atoms with Crippen molar-refractivity contribution in [1.82, 2.24) is 19.5 Å². The number of amides is 1. The van der Waals surface area contributed by atoms with E-state index in [2.05, 4.69) is 15.3 Å². The summed E-state index contributed by atoms with van der Waals surface area (Å²) in [7, 11) is -3.90. The Labute approximate surface area is 224 Å². The van der Waals surface area contributed by atoms with E-state index in [1.54, 1.807) is 21.9 Å². The van der Waals surface area contributed by atoms with Crippen LogP contribution in [0.5, 0.6) is 0 Å².